The lowest BCUT2D eigenvalue weighted by molar-refractivity contribution is -0.130. The number of rotatable bonds is 3. The van der Waals surface area contributed by atoms with Gasteiger partial charge in [-0.05, 0) is 12.1 Å². The van der Waals surface area contributed by atoms with E-state index in [1.54, 1.807) is 18.3 Å². The fraction of sp³-hybridized carbons (Fsp3) is 0.462. The van der Waals surface area contributed by atoms with Gasteiger partial charge in [0.05, 0.1) is 18.4 Å². The van der Waals surface area contributed by atoms with Crippen molar-refractivity contribution in [3.63, 3.8) is 0 Å². The van der Waals surface area contributed by atoms with Crippen molar-refractivity contribution in [2.45, 2.75) is 0 Å². The number of pyridine rings is 1. The number of anilines is 1. The van der Waals surface area contributed by atoms with E-state index < -0.39 is 0 Å². The first-order valence-electron chi connectivity index (χ1n) is 6.26. The lowest BCUT2D eigenvalue weighted by Gasteiger charge is -2.29. The molecule has 1 aliphatic rings. The van der Waals surface area contributed by atoms with Gasteiger partial charge in [0.2, 0.25) is 5.91 Å². The topological polar surface area (TPSA) is 72.3 Å². The van der Waals surface area contributed by atoms with E-state index in [1.807, 2.05) is 22.9 Å². The number of carbonyl (C=O) groups is 1. The second-order valence-electron chi connectivity index (χ2n) is 4.50. The van der Waals surface area contributed by atoms with Gasteiger partial charge in [0.1, 0.15) is 11.8 Å². The number of nitrogens with zero attached hydrogens (tertiary/aromatic N) is 4. The average Bonchev–Trinajstić information content (AvgIpc) is 2.48. The Kier molecular flexibility index (Phi) is 4.31. The van der Waals surface area contributed by atoms with Crippen LogP contribution in [0.1, 0.15) is 5.69 Å². The maximum absolute atomic E-state index is 12.1. The molecular weight excluding hydrogens is 242 g/mol. The second kappa shape index (κ2) is 6.16. The highest BCUT2D eigenvalue weighted by Gasteiger charge is 2.17. The minimum atomic E-state index is 0.119. The van der Waals surface area contributed by atoms with Crippen molar-refractivity contribution in [1.29, 1.82) is 5.26 Å². The zero-order valence-electron chi connectivity index (χ0n) is 11.0. The Labute approximate surface area is 112 Å². The predicted molar refractivity (Wildman–Crippen MR) is 71.7 cm³/mol. The molecule has 1 aliphatic heterocycles. The van der Waals surface area contributed by atoms with Crippen molar-refractivity contribution in [2.75, 3.05) is 44.7 Å². The van der Waals surface area contributed by atoms with Crippen LogP contribution in [-0.4, -0.2) is 55.6 Å². The number of amides is 1. The summed E-state index contributed by atoms with van der Waals surface area (Å²) in [5.41, 5.74) is 1.22. The highest BCUT2D eigenvalue weighted by Crippen LogP contribution is 2.11. The van der Waals surface area contributed by atoms with Gasteiger partial charge in [-0.1, -0.05) is 0 Å². The van der Waals surface area contributed by atoms with Gasteiger partial charge in [-0.3, -0.25) is 4.79 Å². The van der Waals surface area contributed by atoms with E-state index in [-0.39, 0.29) is 5.91 Å². The molecule has 1 amide bonds. The summed E-state index contributed by atoms with van der Waals surface area (Å²) in [4.78, 5) is 19.8. The van der Waals surface area contributed by atoms with Gasteiger partial charge >= 0.3 is 0 Å². The highest BCUT2D eigenvalue weighted by atomic mass is 16.2. The summed E-state index contributed by atoms with van der Waals surface area (Å²) in [7, 11) is 1.85. The van der Waals surface area contributed by atoms with Crippen LogP contribution in [0.4, 0.5) is 5.69 Å². The number of carbonyl (C=O) groups excluding carboxylic acids is 1. The van der Waals surface area contributed by atoms with Gasteiger partial charge in [0, 0.05) is 33.2 Å². The lowest BCUT2D eigenvalue weighted by atomic mass is 10.3. The summed E-state index contributed by atoms with van der Waals surface area (Å²) in [5.74, 6) is 0.119. The van der Waals surface area contributed by atoms with Crippen molar-refractivity contribution in [3.05, 3.63) is 24.0 Å². The standard InChI is InChI=1S/C13H17N5O/c1-17(12-3-2-11(8-14)16-9-12)10-13(19)18-6-4-15-5-7-18/h2-3,9,15H,4-7,10H2,1H3. The summed E-state index contributed by atoms with van der Waals surface area (Å²) in [6, 6.07) is 5.43. The van der Waals surface area contributed by atoms with Crippen molar-refractivity contribution in [1.82, 2.24) is 15.2 Å². The highest BCUT2D eigenvalue weighted by molar-refractivity contribution is 5.81. The molecule has 1 aromatic heterocycles. The van der Waals surface area contributed by atoms with Crippen molar-refractivity contribution in [2.24, 2.45) is 0 Å². The Hall–Kier alpha value is -2.13. The number of nitriles is 1. The molecule has 1 N–H and O–H groups in total. The number of likely N-dealkylation sites (N-methyl/N-ethyl adjacent to an activating group) is 1. The first kappa shape index (κ1) is 13.3. The molecule has 0 saturated carbocycles. The summed E-state index contributed by atoms with van der Waals surface area (Å²) in [6.07, 6.45) is 1.61. The molecular formula is C13H17N5O. The minimum Gasteiger partial charge on any atom is -0.364 e. The number of aromatic nitrogens is 1. The predicted octanol–water partition coefficient (Wildman–Crippen LogP) is -0.179. The molecule has 1 aromatic rings. The zero-order valence-corrected chi connectivity index (χ0v) is 11.0. The van der Waals surface area contributed by atoms with Gasteiger partial charge in [0.15, 0.2) is 0 Å². The van der Waals surface area contributed by atoms with E-state index in [0.717, 1.165) is 31.9 Å². The SMILES string of the molecule is CN(CC(=O)N1CCNCC1)c1ccc(C#N)nc1. The molecule has 0 radical (unpaired) electrons. The fourth-order valence-electron chi connectivity index (χ4n) is 1.99. The summed E-state index contributed by atoms with van der Waals surface area (Å²) in [6.45, 7) is 3.56. The van der Waals surface area contributed by atoms with Crippen LogP contribution >= 0.6 is 0 Å². The fourth-order valence-corrected chi connectivity index (χ4v) is 1.99. The Morgan fingerprint density at radius 2 is 2.26 bits per heavy atom. The van der Waals surface area contributed by atoms with Crippen molar-refractivity contribution >= 4 is 11.6 Å². The number of hydrogen-bond acceptors (Lipinski definition) is 5. The smallest absolute Gasteiger partial charge is 0.242 e. The Balaban J connectivity index is 1.93. The van der Waals surface area contributed by atoms with Gasteiger partial charge < -0.3 is 15.1 Å². The van der Waals surface area contributed by atoms with Crippen LogP contribution in [0.2, 0.25) is 0 Å². The van der Waals surface area contributed by atoms with E-state index in [4.69, 9.17) is 5.26 Å². The van der Waals surface area contributed by atoms with Crippen LogP contribution in [0.3, 0.4) is 0 Å². The van der Waals surface area contributed by atoms with E-state index in [1.165, 1.54) is 0 Å². The number of piperazine rings is 1. The van der Waals surface area contributed by atoms with Crippen LogP contribution in [0.25, 0.3) is 0 Å². The molecule has 19 heavy (non-hydrogen) atoms. The minimum absolute atomic E-state index is 0.119. The van der Waals surface area contributed by atoms with Gasteiger partial charge in [-0.25, -0.2) is 4.98 Å². The van der Waals surface area contributed by atoms with E-state index >= 15 is 0 Å². The first-order chi connectivity index (χ1) is 9.20. The van der Waals surface area contributed by atoms with Gasteiger partial charge in [-0.15, -0.1) is 0 Å². The van der Waals surface area contributed by atoms with Crippen LogP contribution in [-0.2, 0) is 4.79 Å². The Bertz CT molecular complexity index is 473. The van der Waals surface area contributed by atoms with Gasteiger partial charge in [0.25, 0.3) is 0 Å². The molecule has 0 aliphatic carbocycles. The molecule has 6 heteroatoms. The lowest BCUT2D eigenvalue weighted by Crippen LogP contribution is -2.49. The quantitative estimate of drug-likeness (QED) is 0.815. The molecule has 100 valence electrons. The molecule has 1 fully saturated rings. The maximum atomic E-state index is 12.1. The summed E-state index contributed by atoms with van der Waals surface area (Å²) < 4.78 is 0. The Morgan fingerprint density at radius 3 is 2.84 bits per heavy atom. The molecule has 0 aromatic carbocycles. The normalized spacial score (nSPS) is 14.8. The third-order valence-corrected chi connectivity index (χ3v) is 3.15. The van der Waals surface area contributed by atoms with Crippen LogP contribution in [0, 0.1) is 11.3 Å². The molecule has 2 rings (SSSR count). The van der Waals surface area contributed by atoms with Crippen molar-refractivity contribution in [3.8, 4) is 6.07 Å². The molecule has 0 unspecified atom stereocenters. The summed E-state index contributed by atoms with van der Waals surface area (Å²) in [5, 5.41) is 11.9. The first-order valence-corrected chi connectivity index (χ1v) is 6.26. The van der Waals surface area contributed by atoms with Crippen LogP contribution in [0.15, 0.2) is 18.3 Å². The third-order valence-electron chi connectivity index (χ3n) is 3.15. The molecule has 6 nitrogen and oxygen atoms in total. The van der Waals surface area contributed by atoms with E-state index in [9.17, 15) is 4.79 Å². The van der Waals surface area contributed by atoms with Crippen LogP contribution in [0.5, 0.6) is 0 Å². The maximum Gasteiger partial charge on any atom is 0.242 e. The molecule has 0 bridgehead atoms. The Morgan fingerprint density at radius 1 is 1.53 bits per heavy atom. The van der Waals surface area contributed by atoms with E-state index in [0.29, 0.717) is 12.2 Å². The molecule has 1 saturated heterocycles. The molecule has 0 spiro atoms. The molecule has 2 heterocycles. The second-order valence-corrected chi connectivity index (χ2v) is 4.50. The van der Waals surface area contributed by atoms with Crippen molar-refractivity contribution < 1.29 is 4.79 Å². The molecule has 0 atom stereocenters. The zero-order chi connectivity index (χ0) is 13.7. The average molecular weight is 259 g/mol. The summed E-state index contributed by atoms with van der Waals surface area (Å²) >= 11 is 0. The largest absolute Gasteiger partial charge is 0.364 e. The van der Waals surface area contributed by atoms with E-state index in [2.05, 4.69) is 10.3 Å². The van der Waals surface area contributed by atoms with Gasteiger partial charge in [-0.2, -0.15) is 5.26 Å². The number of hydrogen-bond donors (Lipinski definition) is 1. The monoisotopic (exact) mass is 259 g/mol. The number of nitrogens with one attached hydrogen (secondary N) is 1. The van der Waals surface area contributed by atoms with Crippen LogP contribution < -0.4 is 10.2 Å². The third kappa shape index (κ3) is 3.42.